The standard InChI is InChI=1S/C13H19FN2OS.ClH/c1-15-8-9-16(2)13(17)7-10-18-12-5-3-11(14)4-6-12;/h3-6,15H,7-10H2,1-2H3;1H. The Bertz CT molecular complexity index is 375. The molecule has 0 saturated carbocycles. The van der Waals surface area contributed by atoms with Crippen LogP contribution in [0.2, 0.25) is 0 Å². The lowest BCUT2D eigenvalue weighted by Gasteiger charge is -2.16. The normalized spacial score (nSPS) is 9.84. The van der Waals surface area contributed by atoms with Crippen molar-refractivity contribution in [3.8, 4) is 0 Å². The Hall–Kier alpha value is -0.780. The smallest absolute Gasteiger partial charge is 0.223 e. The van der Waals surface area contributed by atoms with Gasteiger partial charge in [-0.15, -0.1) is 24.2 Å². The van der Waals surface area contributed by atoms with E-state index in [4.69, 9.17) is 0 Å². The van der Waals surface area contributed by atoms with Gasteiger partial charge in [0.15, 0.2) is 0 Å². The molecule has 0 aromatic heterocycles. The molecule has 0 fully saturated rings. The molecule has 1 rings (SSSR count). The third-order valence-electron chi connectivity index (χ3n) is 2.52. The zero-order valence-electron chi connectivity index (χ0n) is 11.2. The number of carbonyl (C=O) groups excluding carboxylic acids is 1. The quantitative estimate of drug-likeness (QED) is 0.785. The van der Waals surface area contributed by atoms with Crippen molar-refractivity contribution in [2.75, 3.05) is 32.9 Å². The molecule has 19 heavy (non-hydrogen) atoms. The van der Waals surface area contributed by atoms with E-state index >= 15 is 0 Å². The largest absolute Gasteiger partial charge is 0.344 e. The molecule has 1 N–H and O–H groups in total. The Labute approximate surface area is 124 Å². The molecular formula is C13H20ClFN2OS. The van der Waals surface area contributed by atoms with Crippen molar-refractivity contribution >= 4 is 30.1 Å². The SMILES string of the molecule is CNCCN(C)C(=O)CCSc1ccc(F)cc1.Cl. The van der Waals surface area contributed by atoms with Gasteiger partial charge in [0.25, 0.3) is 0 Å². The summed E-state index contributed by atoms with van der Waals surface area (Å²) in [6, 6.07) is 6.33. The molecule has 0 radical (unpaired) electrons. The van der Waals surface area contributed by atoms with Crippen LogP contribution in [0.4, 0.5) is 4.39 Å². The van der Waals surface area contributed by atoms with Gasteiger partial charge in [-0.3, -0.25) is 4.79 Å². The first kappa shape index (κ1) is 18.2. The maximum Gasteiger partial charge on any atom is 0.223 e. The Morgan fingerprint density at radius 2 is 2.00 bits per heavy atom. The first-order chi connectivity index (χ1) is 8.63. The van der Waals surface area contributed by atoms with Crippen LogP contribution >= 0.6 is 24.2 Å². The van der Waals surface area contributed by atoms with E-state index in [0.717, 1.165) is 18.0 Å². The molecule has 6 heteroatoms. The van der Waals surface area contributed by atoms with Crippen molar-refractivity contribution in [3.63, 3.8) is 0 Å². The highest BCUT2D eigenvalue weighted by atomic mass is 35.5. The van der Waals surface area contributed by atoms with Crippen LogP contribution in [0.15, 0.2) is 29.2 Å². The number of likely N-dealkylation sites (N-methyl/N-ethyl adjacent to an activating group) is 2. The van der Waals surface area contributed by atoms with Crippen LogP contribution < -0.4 is 5.32 Å². The van der Waals surface area contributed by atoms with Crippen molar-refractivity contribution in [2.45, 2.75) is 11.3 Å². The Morgan fingerprint density at radius 1 is 1.37 bits per heavy atom. The summed E-state index contributed by atoms with van der Waals surface area (Å²) in [7, 11) is 3.67. The molecule has 0 heterocycles. The Morgan fingerprint density at radius 3 is 2.58 bits per heavy atom. The second-order valence-electron chi connectivity index (χ2n) is 3.97. The van der Waals surface area contributed by atoms with Crippen molar-refractivity contribution in [3.05, 3.63) is 30.1 Å². The number of benzene rings is 1. The highest BCUT2D eigenvalue weighted by Crippen LogP contribution is 2.19. The lowest BCUT2D eigenvalue weighted by molar-refractivity contribution is -0.129. The summed E-state index contributed by atoms with van der Waals surface area (Å²) < 4.78 is 12.7. The number of thioether (sulfide) groups is 1. The van der Waals surface area contributed by atoms with E-state index in [-0.39, 0.29) is 24.1 Å². The number of carbonyl (C=O) groups is 1. The molecule has 0 atom stereocenters. The molecule has 108 valence electrons. The Balaban J connectivity index is 0.00000324. The number of rotatable bonds is 7. The molecule has 1 aromatic rings. The summed E-state index contributed by atoms with van der Waals surface area (Å²) in [4.78, 5) is 14.4. The summed E-state index contributed by atoms with van der Waals surface area (Å²) >= 11 is 1.57. The predicted molar refractivity (Wildman–Crippen MR) is 80.6 cm³/mol. The van der Waals surface area contributed by atoms with Gasteiger partial charge in [0.2, 0.25) is 5.91 Å². The molecule has 0 aliphatic carbocycles. The zero-order valence-corrected chi connectivity index (χ0v) is 12.8. The van der Waals surface area contributed by atoms with Crippen LogP contribution in [0.1, 0.15) is 6.42 Å². The monoisotopic (exact) mass is 306 g/mol. The molecule has 3 nitrogen and oxygen atoms in total. The average Bonchev–Trinajstić information content (AvgIpc) is 2.38. The van der Waals surface area contributed by atoms with Gasteiger partial charge in [-0.2, -0.15) is 0 Å². The minimum absolute atomic E-state index is 0. The minimum Gasteiger partial charge on any atom is -0.344 e. The van der Waals surface area contributed by atoms with Crippen LogP contribution in [0.25, 0.3) is 0 Å². The molecule has 0 aliphatic heterocycles. The first-order valence-electron chi connectivity index (χ1n) is 5.90. The number of hydrogen-bond acceptors (Lipinski definition) is 3. The molecule has 0 saturated heterocycles. The van der Waals surface area contributed by atoms with E-state index in [2.05, 4.69) is 5.32 Å². The van der Waals surface area contributed by atoms with Crippen LogP contribution in [0.5, 0.6) is 0 Å². The van der Waals surface area contributed by atoms with Gasteiger partial charge in [0.1, 0.15) is 5.82 Å². The van der Waals surface area contributed by atoms with E-state index in [0.29, 0.717) is 12.2 Å². The molecule has 1 aromatic carbocycles. The first-order valence-corrected chi connectivity index (χ1v) is 6.89. The molecule has 0 bridgehead atoms. The van der Waals surface area contributed by atoms with Gasteiger partial charge in [-0.1, -0.05) is 0 Å². The minimum atomic E-state index is -0.234. The summed E-state index contributed by atoms with van der Waals surface area (Å²) in [5, 5.41) is 3.01. The van der Waals surface area contributed by atoms with E-state index in [1.807, 2.05) is 14.1 Å². The predicted octanol–water partition coefficient (Wildman–Crippen LogP) is 2.41. The third-order valence-corrected chi connectivity index (χ3v) is 3.54. The van der Waals surface area contributed by atoms with Crippen molar-refractivity contribution < 1.29 is 9.18 Å². The summed E-state index contributed by atoms with van der Waals surface area (Å²) in [5.41, 5.74) is 0. The maximum atomic E-state index is 12.7. The maximum absolute atomic E-state index is 12.7. The van der Waals surface area contributed by atoms with E-state index < -0.39 is 0 Å². The van der Waals surface area contributed by atoms with Crippen LogP contribution in [0.3, 0.4) is 0 Å². The van der Waals surface area contributed by atoms with E-state index in [1.54, 1.807) is 28.8 Å². The molecular weight excluding hydrogens is 287 g/mol. The number of amides is 1. The molecule has 1 amide bonds. The average molecular weight is 307 g/mol. The summed E-state index contributed by atoms with van der Waals surface area (Å²) in [6.07, 6.45) is 0.502. The molecule has 0 unspecified atom stereocenters. The Kier molecular flexibility index (Phi) is 9.65. The zero-order chi connectivity index (χ0) is 13.4. The lowest BCUT2D eigenvalue weighted by atomic mass is 10.3. The second-order valence-corrected chi connectivity index (χ2v) is 5.14. The van der Waals surface area contributed by atoms with Crippen LogP contribution in [0, 0.1) is 5.82 Å². The molecule has 0 aliphatic rings. The van der Waals surface area contributed by atoms with Gasteiger partial charge < -0.3 is 10.2 Å². The van der Waals surface area contributed by atoms with Gasteiger partial charge in [0, 0.05) is 37.2 Å². The topological polar surface area (TPSA) is 32.3 Å². The third kappa shape index (κ3) is 7.40. The molecule has 0 spiro atoms. The van der Waals surface area contributed by atoms with Gasteiger partial charge in [-0.25, -0.2) is 4.39 Å². The highest BCUT2D eigenvalue weighted by Gasteiger charge is 2.07. The highest BCUT2D eigenvalue weighted by molar-refractivity contribution is 7.99. The van der Waals surface area contributed by atoms with Gasteiger partial charge >= 0.3 is 0 Å². The van der Waals surface area contributed by atoms with Crippen LogP contribution in [-0.2, 0) is 4.79 Å². The lowest BCUT2D eigenvalue weighted by Crippen LogP contribution is -2.32. The number of nitrogens with one attached hydrogen (secondary N) is 1. The second kappa shape index (κ2) is 10.1. The van der Waals surface area contributed by atoms with Gasteiger partial charge in [0.05, 0.1) is 0 Å². The van der Waals surface area contributed by atoms with Crippen LogP contribution in [-0.4, -0.2) is 43.7 Å². The van der Waals surface area contributed by atoms with E-state index in [1.165, 1.54) is 12.1 Å². The fourth-order valence-corrected chi connectivity index (χ4v) is 2.22. The summed E-state index contributed by atoms with van der Waals surface area (Å²) in [6.45, 7) is 1.52. The van der Waals surface area contributed by atoms with Gasteiger partial charge in [-0.05, 0) is 31.3 Å². The number of hydrogen-bond donors (Lipinski definition) is 1. The van der Waals surface area contributed by atoms with E-state index in [9.17, 15) is 9.18 Å². The fourth-order valence-electron chi connectivity index (χ4n) is 1.38. The summed E-state index contributed by atoms with van der Waals surface area (Å²) in [5.74, 6) is 0.621. The van der Waals surface area contributed by atoms with Crippen molar-refractivity contribution in [2.24, 2.45) is 0 Å². The fraction of sp³-hybridized carbons (Fsp3) is 0.462. The van der Waals surface area contributed by atoms with Crippen molar-refractivity contribution in [1.29, 1.82) is 0 Å². The number of nitrogens with zero attached hydrogens (tertiary/aromatic N) is 1. The van der Waals surface area contributed by atoms with Crippen molar-refractivity contribution in [1.82, 2.24) is 10.2 Å². The number of halogens is 2.